The summed E-state index contributed by atoms with van der Waals surface area (Å²) in [5.74, 6) is 1.29. The van der Waals surface area contributed by atoms with E-state index in [2.05, 4.69) is 34.4 Å². The van der Waals surface area contributed by atoms with Gasteiger partial charge in [-0.15, -0.1) is 0 Å². The van der Waals surface area contributed by atoms with Crippen LogP contribution in [0.1, 0.15) is 19.5 Å². The number of aryl methyl sites for hydroxylation is 1. The summed E-state index contributed by atoms with van der Waals surface area (Å²) in [6.07, 6.45) is 0. The monoisotopic (exact) mass is 310 g/mol. The fourth-order valence-electron chi connectivity index (χ4n) is 1.75. The number of rotatable bonds is 4. The van der Waals surface area contributed by atoms with Crippen molar-refractivity contribution in [3.8, 4) is 0 Å². The van der Waals surface area contributed by atoms with Crippen LogP contribution in [-0.2, 0) is 0 Å². The molecule has 0 spiro atoms. The predicted octanol–water partition coefficient (Wildman–Crippen LogP) is 4.66. The topological polar surface area (TPSA) is 49.8 Å². The molecular formula is C14H16Cl2N4. The van der Waals surface area contributed by atoms with Crippen molar-refractivity contribution < 1.29 is 0 Å². The highest BCUT2D eigenvalue weighted by Crippen LogP contribution is 2.24. The Hall–Kier alpha value is -1.52. The summed E-state index contributed by atoms with van der Waals surface area (Å²) in [6, 6.07) is 7.43. The zero-order valence-electron chi connectivity index (χ0n) is 11.5. The van der Waals surface area contributed by atoms with Crippen molar-refractivity contribution >= 4 is 40.7 Å². The van der Waals surface area contributed by atoms with E-state index in [1.165, 1.54) is 0 Å². The van der Waals surface area contributed by atoms with Crippen LogP contribution in [0.15, 0.2) is 24.3 Å². The van der Waals surface area contributed by atoms with Crippen molar-refractivity contribution in [2.45, 2.75) is 26.8 Å². The molecule has 0 saturated carbocycles. The number of hydrogen-bond acceptors (Lipinski definition) is 4. The molecule has 1 heterocycles. The predicted molar refractivity (Wildman–Crippen MR) is 85.3 cm³/mol. The highest BCUT2D eigenvalue weighted by molar-refractivity contribution is 6.35. The minimum atomic E-state index is 0.303. The van der Waals surface area contributed by atoms with E-state index in [0.29, 0.717) is 22.0 Å². The zero-order valence-corrected chi connectivity index (χ0v) is 13.0. The first-order valence-corrected chi connectivity index (χ1v) is 7.03. The van der Waals surface area contributed by atoms with E-state index in [9.17, 15) is 0 Å². The molecule has 0 unspecified atom stereocenters. The van der Waals surface area contributed by atoms with E-state index in [4.69, 9.17) is 23.2 Å². The van der Waals surface area contributed by atoms with Gasteiger partial charge in [0.05, 0.1) is 0 Å². The van der Waals surface area contributed by atoms with Crippen LogP contribution in [0, 0.1) is 6.92 Å². The fraction of sp³-hybridized carbons (Fsp3) is 0.286. The lowest BCUT2D eigenvalue weighted by atomic mass is 10.3. The Morgan fingerprint density at radius 3 is 2.25 bits per heavy atom. The van der Waals surface area contributed by atoms with Gasteiger partial charge in [-0.05, 0) is 39.0 Å². The van der Waals surface area contributed by atoms with Gasteiger partial charge >= 0.3 is 0 Å². The number of nitrogens with zero attached hydrogens (tertiary/aromatic N) is 2. The second-order valence-corrected chi connectivity index (χ2v) is 5.67. The Balaban J connectivity index is 2.26. The summed E-state index contributed by atoms with van der Waals surface area (Å²) in [7, 11) is 0. The number of benzene rings is 1. The van der Waals surface area contributed by atoms with Gasteiger partial charge in [0.2, 0.25) is 5.95 Å². The first-order chi connectivity index (χ1) is 9.42. The highest BCUT2D eigenvalue weighted by Gasteiger charge is 2.05. The molecule has 2 aromatic rings. The van der Waals surface area contributed by atoms with Crippen LogP contribution in [0.5, 0.6) is 0 Å². The SMILES string of the molecule is Cc1cc(NC(C)C)nc(Nc2cc(Cl)cc(Cl)c2)n1. The molecule has 0 aliphatic carbocycles. The molecule has 0 bridgehead atoms. The van der Waals surface area contributed by atoms with Gasteiger partial charge in [0.1, 0.15) is 5.82 Å². The quantitative estimate of drug-likeness (QED) is 0.862. The minimum Gasteiger partial charge on any atom is -0.368 e. The minimum absolute atomic E-state index is 0.303. The van der Waals surface area contributed by atoms with Gasteiger partial charge in [-0.1, -0.05) is 23.2 Å². The van der Waals surface area contributed by atoms with E-state index < -0.39 is 0 Å². The molecule has 0 atom stereocenters. The van der Waals surface area contributed by atoms with Crippen LogP contribution in [0.2, 0.25) is 10.0 Å². The van der Waals surface area contributed by atoms with E-state index in [-0.39, 0.29) is 0 Å². The van der Waals surface area contributed by atoms with Gasteiger partial charge in [-0.3, -0.25) is 0 Å². The highest BCUT2D eigenvalue weighted by atomic mass is 35.5. The summed E-state index contributed by atoms with van der Waals surface area (Å²) >= 11 is 11.9. The molecule has 106 valence electrons. The van der Waals surface area contributed by atoms with Crippen LogP contribution >= 0.6 is 23.2 Å². The Labute approximate surface area is 128 Å². The van der Waals surface area contributed by atoms with Crippen LogP contribution in [0.25, 0.3) is 0 Å². The summed E-state index contributed by atoms with van der Waals surface area (Å²) < 4.78 is 0. The molecule has 0 fully saturated rings. The molecule has 0 amide bonds. The molecule has 1 aromatic heterocycles. The first kappa shape index (κ1) is 14.9. The van der Waals surface area contributed by atoms with Gasteiger partial charge in [-0.2, -0.15) is 4.98 Å². The van der Waals surface area contributed by atoms with Crippen molar-refractivity contribution in [3.63, 3.8) is 0 Å². The molecule has 0 radical (unpaired) electrons. The van der Waals surface area contributed by atoms with Crippen molar-refractivity contribution in [2.75, 3.05) is 10.6 Å². The molecular weight excluding hydrogens is 295 g/mol. The number of halogens is 2. The molecule has 2 N–H and O–H groups in total. The van der Waals surface area contributed by atoms with E-state index in [1.54, 1.807) is 18.2 Å². The van der Waals surface area contributed by atoms with E-state index in [1.807, 2.05) is 13.0 Å². The molecule has 20 heavy (non-hydrogen) atoms. The van der Waals surface area contributed by atoms with Gasteiger partial charge in [-0.25, -0.2) is 4.98 Å². The number of nitrogens with one attached hydrogen (secondary N) is 2. The Bertz CT molecular complexity index is 594. The van der Waals surface area contributed by atoms with Gasteiger partial charge in [0, 0.05) is 33.5 Å². The lowest BCUT2D eigenvalue weighted by Gasteiger charge is -2.12. The molecule has 0 aliphatic rings. The standard InChI is InChI=1S/C14H16Cl2N4/c1-8(2)17-13-4-9(3)18-14(20-13)19-12-6-10(15)5-11(16)7-12/h4-8H,1-3H3,(H2,17,18,19,20). The van der Waals surface area contributed by atoms with Crippen LogP contribution in [0.4, 0.5) is 17.5 Å². The largest absolute Gasteiger partial charge is 0.368 e. The second kappa shape index (κ2) is 6.29. The third kappa shape index (κ3) is 4.25. The molecule has 0 saturated heterocycles. The van der Waals surface area contributed by atoms with Crippen LogP contribution in [0.3, 0.4) is 0 Å². The van der Waals surface area contributed by atoms with Crippen molar-refractivity contribution in [1.82, 2.24) is 9.97 Å². The summed E-state index contributed by atoms with van der Waals surface area (Å²) in [4.78, 5) is 8.76. The summed E-state index contributed by atoms with van der Waals surface area (Å²) in [5, 5.41) is 7.49. The third-order valence-corrected chi connectivity index (χ3v) is 2.85. The maximum Gasteiger partial charge on any atom is 0.229 e. The van der Waals surface area contributed by atoms with Gasteiger partial charge < -0.3 is 10.6 Å². The van der Waals surface area contributed by atoms with Gasteiger partial charge in [0.15, 0.2) is 0 Å². The molecule has 2 rings (SSSR count). The Morgan fingerprint density at radius 1 is 1.00 bits per heavy atom. The average Bonchev–Trinajstić information content (AvgIpc) is 2.24. The summed E-state index contributed by atoms with van der Waals surface area (Å²) in [6.45, 7) is 6.03. The first-order valence-electron chi connectivity index (χ1n) is 6.28. The Kier molecular flexibility index (Phi) is 4.68. The smallest absolute Gasteiger partial charge is 0.229 e. The number of anilines is 3. The maximum atomic E-state index is 5.97. The lowest BCUT2D eigenvalue weighted by Crippen LogP contribution is -2.12. The number of hydrogen-bond donors (Lipinski definition) is 2. The van der Waals surface area contributed by atoms with Crippen molar-refractivity contribution in [1.29, 1.82) is 0 Å². The number of aromatic nitrogens is 2. The van der Waals surface area contributed by atoms with Crippen LogP contribution in [-0.4, -0.2) is 16.0 Å². The molecule has 6 heteroatoms. The van der Waals surface area contributed by atoms with Crippen molar-refractivity contribution in [2.24, 2.45) is 0 Å². The third-order valence-electron chi connectivity index (χ3n) is 2.41. The zero-order chi connectivity index (χ0) is 14.7. The van der Waals surface area contributed by atoms with Crippen LogP contribution < -0.4 is 10.6 Å². The molecule has 0 aliphatic heterocycles. The fourth-order valence-corrected chi connectivity index (χ4v) is 2.28. The molecule has 4 nitrogen and oxygen atoms in total. The normalized spacial score (nSPS) is 10.7. The van der Waals surface area contributed by atoms with Gasteiger partial charge in [0.25, 0.3) is 0 Å². The van der Waals surface area contributed by atoms with E-state index >= 15 is 0 Å². The van der Waals surface area contributed by atoms with E-state index in [0.717, 1.165) is 17.2 Å². The Morgan fingerprint density at radius 2 is 1.65 bits per heavy atom. The molecule has 1 aromatic carbocycles. The van der Waals surface area contributed by atoms with Crippen molar-refractivity contribution in [3.05, 3.63) is 40.0 Å². The average molecular weight is 311 g/mol. The maximum absolute atomic E-state index is 5.97. The second-order valence-electron chi connectivity index (χ2n) is 4.80. The summed E-state index contributed by atoms with van der Waals surface area (Å²) in [5.41, 5.74) is 1.63. The lowest BCUT2D eigenvalue weighted by molar-refractivity contribution is 0.885.